The third-order valence-corrected chi connectivity index (χ3v) is 9.61. The van der Waals surface area contributed by atoms with Gasteiger partial charge in [0, 0.05) is 22.3 Å². The molecule has 5 aromatic carbocycles. The van der Waals surface area contributed by atoms with E-state index in [1.807, 2.05) is 73.7 Å². The average Bonchev–Trinajstić information content (AvgIpc) is 3.47. The smallest absolute Gasteiger partial charge is 0.198 e. The number of nitrogens with zero attached hydrogens (tertiary/aromatic N) is 4. The third-order valence-electron chi connectivity index (χ3n) is 9.61. The van der Waals surface area contributed by atoms with Gasteiger partial charge in [-0.15, -0.1) is 0 Å². The Morgan fingerprint density at radius 1 is 0.532 bits per heavy atom. The van der Waals surface area contributed by atoms with E-state index in [9.17, 15) is 9.59 Å². The zero-order valence-electron chi connectivity index (χ0n) is 26.8. The van der Waals surface area contributed by atoms with E-state index in [4.69, 9.17) is 9.97 Å². The van der Waals surface area contributed by atoms with E-state index in [0.29, 0.717) is 28.3 Å². The first kappa shape index (κ1) is 27.4. The maximum absolute atomic E-state index is 14.3. The van der Waals surface area contributed by atoms with Gasteiger partial charge in [-0.25, -0.2) is 9.97 Å². The van der Waals surface area contributed by atoms with Crippen molar-refractivity contribution in [2.24, 2.45) is 0 Å². The lowest BCUT2D eigenvalue weighted by Gasteiger charge is -2.33. The molecule has 0 spiro atoms. The summed E-state index contributed by atoms with van der Waals surface area (Å²) in [5.41, 5.74) is 11.5. The Morgan fingerprint density at radius 3 is 1.55 bits per heavy atom. The zero-order valence-corrected chi connectivity index (χ0v) is 26.8. The van der Waals surface area contributed by atoms with Gasteiger partial charge >= 0.3 is 0 Å². The van der Waals surface area contributed by atoms with Crippen LogP contribution >= 0.6 is 0 Å². The standard InChI is InChI=1S/C41H30N4O2/c1-21-14-23(3)36(24(4)15-21)44-34-20-28(35-38(46)30-18-26-10-6-7-11-27(26)19-31(30)39(35)47)29-17-22(2)16-25(5)37(29)45(34)41-40(44)42-32-12-8-9-13-33(32)43-41/h6-20H,1-5H3. The van der Waals surface area contributed by atoms with Gasteiger partial charge < -0.3 is 0 Å². The van der Waals surface area contributed by atoms with Crippen molar-refractivity contribution in [1.29, 1.82) is 0 Å². The van der Waals surface area contributed by atoms with E-state index in [-0.39, 0.29) is 17.1 Å². The highest BCUT2D eigenvalue weighted by Gasteiger charge is 2.44. The lowest BCUT2D eigenvalue weighted by molar-refractivity contribution is 0.0990. The minimum atomic E-state index is -0.243. The fourth-order valence-electron chi connectivity index (χ4n) is 7.80. The van der Waals surface area contributed by atoms with Crippen molar-refractivity contribution in [1.82, 2.24) is 9.97 Å². The van der Waals surface area contributed by atoms with Gasteiger partial charge in [-0.1, -0.05) is 65.7 Å². The molecule has 3 heterocycles. The number of hydrogen-bond donors (Lipinski definition) is 0. The van der Waals surface area contributed by atoms with Crippen LogP contribution in [0.4, 0.5) is 23.0 Å². The molecule has 0 fully saturated rings. The summed E-state index contributed by atoms with van der Waals surface area (Å²) in [6.45, 7) is 10.5. The number of hydrogen-bond acceptors (Lipinski definition) is 6. The van der Waals surface area contributed by atoms with Crippen molar-refractivity contribution >= 4 is 62.0 Å². The van der Waals surface area contributed by atoms with E-state index in [1.165, 1.54) is 5.56 Å². The number of ketones is 2. The van der Waals surface area contributed by atoms with Crippen LogP contribution in [0.5, 0.6) is 0 Å². The summed E-state index contributed by atoms with van der Waals surface area (Å²) in [5.74, 6) is 1.72. The maximum atomic E-state index is 14.3. The second-order valence-corrected chi connectivity index (χ2v) is 13.0. The van der Waals surface area contributed by atoms with Crippen LogP contribution in [0.25, 0.3) is 27.4 Å². The topological polar surface area (TPSA) is 66.4 Å². The lowest BCUT2D eigenvalue weighted by Crippen LogP contribution is -2.27. The molecule has 6 aromatic rings. The highest BCUT2D eigenvalue weighted by molar-refractivity contribution is 6.43. The summed E-state index contributed by atoms with van der Waals surface area (Å²) in [6.07, 6.45) is 2.00. The number of allylic oxidation sites excluding steroid dienone is 3. The monoisotopic (exact) mass is 610 g/mol. The summed E-state index contributed by atoms with van der Waals surface area (Å²) in [4.78, 5) is 43.4. The number of anilines is 4. The number of benzene rings is 5. The van der Waals surface area contributed by atoms with Gasteiger partial charge in [0.15, 0.2) is 23.2 Å². The SMILES string of the molecule is Cc1cc(C)c(N2C3=CC(=C4C(=O)c5cc6ccccc6cc5C4=O)c4cc(C)cc(C)c4N3c3nc4ccccc4nc32)c(C)c1. The Kier molecular flexibility index (Phi) is 5.58. The van der Waals surface area contributed by atoms with Crippen LogP contribution in [0, 0.1) is 34.6 Å². The molecule has 0 saturated carbocycles. The number of rotatable bonds is 1. The summed E-state index contributed by atoms with van der Waals surface area (Å²) < 4.78 is 0. The first-order chi connectivity index (χ1) is 22.7. The van der Waals surface area contributed by atoms with E-state index >= 15 is 0 Å². The highest BCUT2D eigenvalue weighted by Crippen LogP contribution is 2.55. The molecule has 0 N–H and O–H groups in total. The van der Waals surface area contributed by atoms with Gasteiger partial charge in [0.05, 0.1) is 28.0 Å². The molecule has 3 aliphatic rings. The molecule has 0 unspecified atom stereocenters. The average molecular weight is 611 g/mol. The van der Waals surface area contributed by atoms with E-state index in [1.54, 1.807) is 0 Å². The van der Waals surface area contributed by atoms with Crippen LogP contribution in [0.2, 0.25) is 0 Å². The normalized spacial score (nSPS) is 15.0. The second kappa shape index (κ2) is 9.56. The van der Waals surface area contributed by atoms with Gasteiger partial charge in [0.25, 0.3) is 0 Å². The Bertz CT molecular complexity index is 2440. The minimum absolute atomic E-state index is 0.202. The summed E-state index contributed by atoms with van der Waals surface area (Å²) >= 11 is 0. The molecule has 47 heavy (non-hydrogen) atoms. The molecular weight excluding hydrogens is 580 g/mol. The van der Waals surface area contributed by atoms with Crippen LogP contribution in [-0.2, 0) is 0 Å². The van der Waals surface area contributed by atoms with Crippen LogP contribution in [0.1, 0.15) is 54.1 Å². The van der Waals surface area contributed by atoms with Gasteiger partial charge in [0.2, 0.25) is 0 Å². The third kappa shape index (κ3) is 3.78. The number of Topliss-reactive ketones (excluding diaryl/α,β-unsaturated/α-hetero) is 2. The summed E-state index contributed by atoms with van der Waals surface area (Å²) in [7, 11) is 0. The van der Waals surface area contributed by atoms with Crippen molar-refractivity contribution in [2.45, 2.75) is 34.6 Å². The molecule has 0 atom stereocenters. The van der Waals surface area contributed by atoms with Crippen molar-refractivity contribution in [3.05, 3.63) is 147 Å². The van der Waals surface area contributed by atoms with Crippen LogP contribution in [0.15, 0.2) is 102 Å². The van der Waals surface area contributed by atoms with E-state index < -0.39 is 0 Å². The molecule has 2 aliphatic heterocycles. The van der Waals surface area contributed by atoms with Gasteiger partial charge in [0.1, 0.15) is 5.82 Å². The zero-order chi connectivity index (χ0) is 32.3. The molecule has 0 saturated heterocycles. The maximum Gasteiger partial charge on any atom is 0.198 e. The summed E-state index contributed by atoms with van der Waals surface area (Å²) in [6, 6.07) is 28.1. The van der Waals surface area contributed by atoms with Crippen molar-refractivity contribution < 1.29 is 9.59 Å². The fourth-order valence-corrected chi connectivity index (χ4v) is 7.80. The molecule has 0 bridgehead atoms. The Balaban J connectivity index is 1.39. The number of carbonyl (C=O) groups is 2. The molecule has 0 radical (unpaired) electrons. The molecule has 6 heteroatoms. The molecule has 1 aromatic heterocycles. The number of fused-ring (bicyclic) bond motifs is 8. The van der Waals surface area contributed by atoms with Gasteiger partial charge in [-0.05, 0) is 98.5 Å². The molecule has 1 aliphatic carbocycles. The fraction of sp³-hybridized carbons (Fsp3) is 0.122. The quantitative estimate of drug-likeness (QED) is 0.137. The largest absolute Gasteiger partial charge is 0.288 e. The van der Waals surface area contributed by atoms with Crippen LogP contribution in [-0.4, -0.2) is 21.5 Å². The first-order valence-electron chi connectivity index (χ1n) is 15.8. The van der Waals surface area contributed by atoms with Crippen molar-refractivity contribution in [3.8, 4) is 0 Å². The van der Waals surface area contributed by atoms with Crippen molar-refractivity contribution in [2.75, 3.05) is 9.80 Å². The Hall–Kier alpha value is -5.88. The predicted molar refractivity (Wildman–Crippen MR) is 188 cm³/mol. The summed E-state index contributed by atoms with van der Waals surface area (Å²) in [5, 5.41) is 1.87. The van der Waals surface area contributed by atoms with E-state index in [2.05, 4.69) is 61.8 Å². The number of aromatic nitrogens is 2. The Labute approximate surface area is 272 Å². The van der Waals surface area contributed by atoms with Gasteiger partial charge in [-0.3, -0.25) is 19.4 Å². The molecule has 0 amide bonds. The number of aryl methyl sites for hydroxylation is 5. The minimum Gasteiger partial charge on any atom is -0.288 e. The van der Waals surface area contributed by atoms with Crippen molar-refractivity contribution in [3.63, 3.8) is 0 Å². The first-order valence-corrected chi connectivity index (χ1v) is 15.8. The molecular formula is C41H30N4O2. The van der Waals surface area contributed by atoms with Crippen LogP contribution < -0.4 is 9.80 Å². The molecule has 226 valence electrons. The number of carbonyl (C=O) groups excluding carboxylic acids is 2. The Morgan fingerprint density at radius 2 is 1.00 bits per heavy atom. The predicted octanol–water partition coefficient (Wildman–Crippen LogP) is 9.30. The molecule has 6 nitrogen and oxygen atoms in total. The van der Waals surface area contributed by atoms with Crippen LogP contribution in [0.3, 0.4) is 0 Å². The molecule has 9 rings (SSSR count). The second-order valence-electron chi connectivity index (χ2n) is 13.0. The lowest BCUT2D eigenvalue weighted by atomic mass is 9.89. The van der Waals surface area contributed by atoms with E-state index in [0.717, 1.165) is 66.8 Å². The van der Waals surface area contributed by atoms with Gasteiger partial charge in [-0.2, -0.15) is 0 Å². The number of para-hydroxylation sites is 2. The highest BCUT2D eigenvalue weighted by atomic mass is 16.2.